The van der Waals surface area contributed by atoms with Gasteiger partial charge in [0, 0.05) is 25.6 Å². The fourth-order valence-corrected chi connectivity index (χ4v) is 2.32. The van der Waals surface area contributed by atoms with E-state index in [1.54, 1.807) is 0 Å². The Morgan fingerprint density at radius 1 is 1.40 bits per heavy atom. The van der Waals surface area contributed by atoms with Crippen LogP contribution in [0.2, 0.25) is 0 Å². The molecule has 0 radical (unpaired) electrons. The maximum Gasteiger partial charge on any atom is 0.222 e. The van der Waals surface area contributed by atoms with Crippen molar-refractivity contribution in [1.29, 1.82) is 0 Å². The Kier molecular flexibility index (Phi) is 3.62. The quantitative estimate of drug-likeness (QED) is 0.695. The van der Waals surface area contributed by atoms with Crippen LogP contribution in [0, 0.1) is 0 Å². The zero-order chi connectivity index (χ0) is 10.7. The molecule has 0 aromatic rings. The van der Waals surface area contributed by atoms with Crippen LogP contribution in [0.15, 0.2) is 0 Å². The highest BCUT2D eigenvalue weighted by Crippen LogP contribution is 2.27. The van der Waals surface area contributed by atoms with Gasteiger partial charge >= 0.3 is 0 Å². The van der Waals surface area contributed by atoms with Crippen LogP contribution in [0.25, 0.3) is 0 Å². The maximum absolute atomic E-state index is 11.9. The SMILES string of the molecule is CCN(C(=O)CC[C@H]1CCCO1)C1CC1. The highest BCUT2D eigenvalue weighted by atomic mass is 16.5. The maximum atomic E-state index is 11.9. The lowest BCUT2D eigenvalue weighted by Crippen LogP contribution is -2.33. The summed E-state index contributed by atoms with van der Waals surface area (Å²) in [6.07, 6.45) is 6.67. The van der Waals surface area contributed by atoms with Crippen LogP contribution in [0.3, 0.4) is 0 Å². The van der Waals surface area contributed by atoms with E-state index < -0.39 is 0 Å². The Hall–Kier alpha value is -0.570. The van der Waals surface area contributed by atoms with E-state index in [1.807, 2.05) is 4.90 Å². The van der Waals surface area contributed by atoms with Crippen LogP contribution >= 0.6 is 0 Å². The van der Waals surface area contributed by atoms with Crippen molar-refractivity contribution in [2.75, 3.05) is 13.2 Å². The fourth-order valence-electron chi connectivity index (χ4n) is 2.32. The van der Waals surface area contributed by atoms with Crippen molar-refractivity contribution in [3.8, 4) is 0 Å². The number of hydrogen-bond acceptors (Lipinski definition) is 2. The van der Waals surface area contributed by atoms with Gasteiger partial charge in [-0.25, -0.2) is 0 Å². The molecule has 3 heteroatoms. The van der Waals surface area contributed by atoms with E-state index in [1.165, 1.54) is 19.3 Å². The summed E-state index contributed by atoms with van der Waals surface area (Å²) in [5.41, 5.74) is 0. The lowest BCUT2D eigenvalue weighted by Gasteiger charge is -2.21. The number of amides is 1. The van der Waals surface area contributed by atoms with Crippen LogP contribution in [0.1, 0.15) is 45.4 Å². The number of carbonyl (C=O) groups excluding carboxylic acids is 1. The van der Waals surface area contributed by atoms with Gasteiger partial charge in [-0.05, 0) is 39.0 Å². The molecule has 2 rings (SSSR count). The van der Waals surface area contributed by atoms with E-state index in [4.69, 9.17) is 4.74 Å². The number of hydrogen-bond donors (Lipinski definition) is 0. The molecule has 1 saturated carbocycles. The molecule has 3 nitrogen and oxygen atoms in total. The second-order valence-corrected chi connectivity index (χ2v) is 4.58. The third kappa shape index (κ3) is 2.94. The Balaban J connectivity index is 1.70. The van der Waals surface area contributed by atoms with E-state index in [-0.39, 0.29) is 0 Å². The van der Waals surface area contributed by atoms with Gasteiger partial charge in [0.2, 0.25) is 5.91 Å². The van der Waals surface area contributed by atoms with Crippen LogP contribution < -0.4 is 0 Å². The van der Waals surface area contributed by atoms with Gasteiger partial charge in [-0.1, -0.05) is 0 Å². The van der Waals surface area contributed by atoms with E-state index in [2.05, 4.69) is 6.92 Å². The number of nitrogens with zero attached hydrogens (tertiary/aromatic N) is 1. The molecule has 2 aliphatic rings. The molecule has 2 fully saturated rings. The molecule has 1 atom stereocenters. The Morgan fingerprint density at radius 2 is 2.20 bits per heavy atom. The Labute approximate surface area is 91.8 Å². The molecule has 1 heterocycles. The van der Waals surface area contributed by atoms with Gasteiger partial charge in [0.25, 0.3) is 0 Å². The summed E-state index contributed by atoms with van der Waals surface area (Å²) >= 11 is 0. The van der Waals surface area contributed by atoms with Crippen molar-refractivity contribution in [3.63, 3.8) is 0 Å². The summed E-state index contributed by atoms with van der Waals surface area (Å²) in [7, 11) is 0. The van der Waals surface area contributed by atoms with Crippen molar-refractivity contribution < 1.29 is 9.53 Å². The van der Waals surface area contributed by atoms with Crippen LogP contribution in [-0.4, -0.2) is 36.1 Å². The highest BCUT2D eigenvalue weighted by Gasteiger charge is 2.31. The van der Waals surface area contributed by atoms with Crippen molar-refractivity contribution >= 4 is 5.91 Å². The second kappa shape index (κ2) is 4.97. The van der Waals surface area contributed by atoms with Crippen LogP contribution in [-0.2, 0) is 9.53 Å². The van der Waals surface area contributed by atoms with Gasteiger partial charge in [0.05, 0.1) is 6.10 Å². The molecule has 0 bridgehead atoms. The largest absolute Gasteiger partial charge is 0.378 e. The molecule has 0 N–H and O–H groups in total. The zero-order valence-electron chi connectivity index (χ0n) is 9.58. The molecule has 15 heavy (non-hydrogen) atoms. The van der Waals surface area contributed by atoms with Crippen LogP contribution in [0.4, 0.5) is 0 Å². The first kappa shape index (κ1) is 10.9. The number of carbonyl (C=O) groups is 1. The van der Waals surface area contributed by atoms with E-state index in [0.717, 1.165) is 26.0 Å². The Morgan fingerprint density at radius 3 is 2.73 bits per heavy atom. The molecule has 1 amide bonds. The lowest BCUT2D eigenvalue weighted by atomic mass is 10.1. The first-order chi connectivity index (χ1) is 7.31. The lowest BCUT2D eigenvalue weighted by molar-refractivity contribution is -0.132. The third-order valence-electron chi connectivity index (χ3n) is 3.35. The monoisotopic (exact) mass is 211 g/mol. The first-order valence-corrected chi connectivity index (χ1v) is 6.22. The average Bonchev–Trinajstić information content (AvgIpc) is 2.93. The minimum Gasteiger partial charge on any atom is -0.378 e. The summed E-state index contributed by atoms with van der Waals surface area (Å²) in [6.45, 7) is 3.83. The molecule has 1 aliphatic carbocycles. The van der Waals surface area contributed by atoms with E-state index in [0.29, 0.717) is 24.5 Å². The molecule has 0 unspecified atom stereocenters. The summed E-state index contributed by atoms with van der Waals surface area (Å²) in [5.74, 6) is 0.329. The predicted molar refractivity (Wildman–Crippen MR) is 58.6 cm³/mol. The summed E-state index contributed by atoms with van der Waals surface area (Å²) < 4.78 is 5.52. The summed E-state index contributed by atoms with van der Waals surface area (Å²) in [5, 5.41) is 0. The molecule has 1 aliphatic heterocycles. The zero-order valence-corrected chi connectivity index (χ0v) is 9.58. The minimum absolute atomic E-state index is 0.329. The third-order valence-corrected chi connectivity index (χ3v) is 3.35. The van der Waals surface area contributed by atoms with Crippen molar-refractivity contribution in [2.45, 2.75) is 57.6 Å². The number of rotatable bonds is 5. The van der Waals surface area contributed by atoms with Crippen LogP contribution in [0.5, 0.6) is 0 Å². The van der Waals surface area contributed by atoms with Gasteiger partial charge < -0.3 is 9.64 Å². The Bertz CT molecular complexity index is 220. The predicted octanol–water partition coefficient (Wildman–Crippen LogP) is 1.96. The smallest absolute Gasteiger partial charge is 0.222 e. The fraction of sp³-hybridized carbons (Fsp3) is 0.917. The molecular weight excluding hydrogens is 190 g/mol. The summed E-state index contributed by atoms with van der Waals surface area (Å²) in [6, 6.07) is 0.562. The van der Waals surface area contributed by atoms with E-state index in [9.17, 15) is 4.79 Å². The molecular formula is C12H21NO2. The topological polar surface area (TPSA) is 29.5 Å². The van der Waals surface area contributed by atoms with Gasteiger partial charge in [-0.15, -0.1) is 0 Å². The normalized spacial score (nSPS) is 25.5. The molecule has 0 spiro atoms. The van der Waals surface area contributed by atoms with Gasteiger partial charge in [0.1, 0.15) is 0 Å². The summed E-state index contributed by atoms with van der Waals surface area (Å²) in [4.78, 5) is 13.9. The molecule has 86 valence electrons. The molecule has 0 aromatic heterocycles. The van der Waals surface area contributed by atoms with E-state index >= 15 is 0 Å². The molecule has 1 saturated heterocycles. The minimum atomic E-state index is 0.329. The average molecular weight is 211 g/mol. The van der Waals surface area contributed by atoms with Gasteiger partial charge in [-0.2, -0.15) is 0 Å². The first-order valence-electron chi connectivity index (χ1n) is 6.22. The standard InChI is InChI=1S/C12H21NO2/c1-2-13(10-5-6-10)12(14)8-7-11-4-3-9-15-11/h10-11H,2-9H2,1H3/t11-/m1/s1. The molecule has 0 aromatic carbocycles. The number of ether oxygens (including phenoxy) is 1. The van der Waals surface area contributed by atoms with Crippen molar-refractivity contribution in [2.24, 2.45) is 0 Å². The highest BCUT2D eigenvalue weighted by molar-refractivity contribution is 5.76. The van der Waals surface area contributed by atoms with Crippen molar-refractivity contribution in [3.05, 3.63) is 0 Å². The van der Waals surface area contributed by atoms with Gasteiger partial charge in [-0.3, -0.25) is 4.79 Å². The van der Waals surface area contributed by atoms with Crippen molar-refractivity contribution in [1.82, 2.24) is 4.90 Å². The second-order valence-electron chi connectivity index (χ2n) is 4.58. The van der Waals surface area contributed by atoms with Gasteiger partial charge in [0.15, 0.2) is 0 Å².